The zero-order chi connectivity index (χ0) is 24.4. The molecule has 35 heavy (non-hydrogen) atoms. The van der Waals surface area contributed by atoms with Gasteiger partial charge in [-0.3, -0.25) is 4.72 Å². The van der Waals surface area contributed by atoms with Gasteiger partial charge in [0.15, 0.2) is 23.1 Å². The number of fused-ring (bicyclic) bond motifs is 2. The monoisotopic (exact) mass is 492 g/mol. The lowest BCUT2D eigenvalue weighted by Gasteiger charge is -2.19. The highest BCUT2D eigenvalue weighted by atomic mass is 32.2. The number of nitrogens with one attached hydrogen (secondary N) is 2. The molecule has 10 nitrogen and oxygen atoms in total. The maximum absolute atomic E-state index is 13.3. The number of hydrogen-bond acceptors (Lipinski definition) is 9. The van der Waals surface area contributed by atoms with Gasteiger partial charge in [0.05, 0.1) is 34.3 Å². The van der Waals surface area contributed by atoms with Crippen LogP contribution >= 0.6 is 0 Å². The number of esters is 1. The molecular weight excluding hydrogens is 472 g/mol. The molecule has 0 saturated carbocycles. The van der Waals surface area contributed by atoms with Crippen LogP contribution < -0.4 is 19.5 Å². The normalized spacial score (nSPS) is 12.7. The average molecular weight is 493 g/mol. The van der Waals surface area contributed by atoms with Crippen molar-refractivity contribution < 1.29 is 27.4 Å². The molecule has 0 unspecified atom stereocenters. The fraction of sp³-hybridized carbons (Fsp3) is 0.125. The van der Waals surface area contributed by atoms with Crippen molar-refractivity contribution in [2.75, 3.05) is 30.4 Å². The van der Waals surface area contributed by atoms with Gasteiger partial charge in [-0.2, -0.15) is 0 Å². The number of carbonyl (C=O) groups excluding carboxylic acids is 1. The Hall–Kier alpha value is -4.38. The number of sulfonamides is 1. The van der Waals surface area contributed by atoms with Crippen molar-refractivity contribution in [3.63, 3.8) is 0 Å². The zero-order valence-electron chi connectivity index (χ0n) is 18.5. The SMILES string of the molecule is COC(=O)c1ccccc1Nc1nc2ccccc2nc1NS(=O)(=O)c1ccc2c(c1)OCCO2. The maximum Gasteiger partial charge on any atom is 0.339 e. The number of rotatable bonds is 6. The van der Waals surface area contributed by atoms with E-state index in [1.807, 2.05) is 0 Å². The predicted octanol–water partition coefficient (Wildman–Crippen LogP) is 3.73. The molecule has 0 radical (unpaired) electrons. The molecule has 11 heteroatoms. The number of carbonyl (C=O) groups is 1. The summed E-state index contributed by atoms with van der Waals surface area (Å²) in [6.45, 7) is 0.722. The molecule has 5 rings (SSSR count). The van der Waals surface area contributed by atoms with E-state index in [0.717, 1.165) is 0 Å². The van der Waals surface area contributed by atoms with Gasteiger partial charge in [0.2, 0.25) is 0 Å². The van der Waals surface area contributed by atoms with E-state index in [1.54, 1.807) is 54.6 Å². The van der Waals surface area contributed by atoms with E-state index in [2.05, 4.69) is 20.0 Å². The Morgan fingerprint density at radius 3 is 2.29 bits per heavy atom. The summed E-state index contributed by atoms with van der Waals surface area (Å²) in [4.78, 5) is 21.2. The summed E-state index contributed by atoms with van der Waals surface area (Å²) < 4.78 is 44.9. The molecule has 1 aliphatic heterocycles. The van der Waals surface area contributed by atoms with Gasteiger partial charge in [0, 0.05) is 6.07 Å². The lowest BCUT2D eigenvalue weighted by atomic mass is 10.2. The Balaban J connectivity index is 1.56. The third-order valence-corrected chi connectivity index (χ3v) is 6.55. The highest BCUT2D eigenvalue weighted by Gasteiger charge is 2.23. The fourth-order valence-electron chi connectivity index (χ4n) is 3.54. The van der Waals surface area contributed by atoms with Crippen LogP contribution in [0.2, 0.25) is 0 Å². The van der Waals surface area contributed by atoms with E-state index in [-0.39, 0.29) is 22.1 Å². The molecule has 0 bridgehead atoms. The fourth-order valence-corrected chi connectivity index (χ4v) is 4.57. The molecule has 2 N–H and O–H groups in total. The number of anilines is 3. The second-order valence-electron chi connectivity index (χ2n) is 7.48. The Morgan fingerprint density at radius 2 is 1.54 bits per heavy atom. The number of ether oxygens (including phenoxy) is 3. The lowest BCUT2D eigenvalue weighted by molar-refractivity contribution is 0.0602. The molecule has 178 valence electrons. The molecule has 1 aromatic heterocycles. The van der Waals surface area contributed by atoms with Crippen LogP contribution in [-0.4, -0.2) is 44.7 Å². The van der Waals surface area contributed by atoms with Crippen LogP contribution in [0.15, 0.2) is 71.6 Å². The van der Waals surface area contributed by atoms with Gasteiger partial charge in [0.25, 0.3) is 10.0 Å². The van der Waals surface area contributed by atoms with Crippen molar-refractivity contribution in [3.05, 3.63) is 72.3 Å². The zero-order valence-corrected chi connectivity index (χ0v) is 19.3. The molecular formula is C24H20N4O6S. The first kappa shape index (κ1) is 22.4. The Bertz CT molecular complexity index is 1540. The summed E-state index contributed by atoms with van der Waals surface area (Å²) in [5, 5.41) is 3.03. The minimum atomic E-state index is -4.08. The Morgan fingerprint density at radius 1 is 0.886 bits per heavy atom. The van der Waals surface area contributed by atoms with E-state index >= 15 is 0 Å². The first-order valence-electron chi connectivity index (χ1n) is 10.6. The van der Waals surface area contributed by atoms with Crippen molar-refractivity contribution in [2.45, 2.75) is 4.90 Å². The molecule has 3 aromatic carbocycles. The minimum absolute atomic E-state index is 0.0300. The van der Waals surface area contributed by atoms with Crippen molar-refractivity contribution in [1.82, 2.24) is 9.97 Å². The molecule has 0 aliphatic carbocycles. The van der Waals surface area contributed by atoms with Crippen LogP contribution in [0.25, 0.3) is 11.0 Å². The number of benzene rings is 3. The quantitative estimate of drug-likeness (QED) is 0.387. The summed E-state index contributed by atoms with van der Waals surface area (Å²) in [7, 11) is -2.80. The molecule has 0 atom stereocenters. The van der Waals surface area contributed by atoms with E-state index in [1.165, 1.54) is 19.2 Å². The smallest absolute Gasteiger partial charge is 0.339 e. The highest BCUT2D eigenvalue weighted by Crippen LogP contribution is 2.34. The number of nitrogens with zero attached hydrogens (tertiary/aromatic N) is 2. The van der Waals surface area contributed by atoms with Gasteiger partial charge in [-0.05, 0) is 36.4 Å². The Kier molecular flexibility index (Phi) is 5.83. The summed E-state index contributed by atoms with van der Waals surface area (Å²) in [6, 6.07) is 18.0. The second kappa shape index (κ2) is 9.11. The van der Waals surface area contributed by atoms with Crippen molar-refractivity contribution in [3.8, 4) is 11.5 Å². The van der Waals surface area contributed by atoms with E-state index in [9.17, 15) is 13.2 Å². The third kappa shape index (κ3) is 4.53. The molecule has 2 heterocycles. The largest absolute Gasteiger partial charge is 0.486 e. The van der Waals surface area contributed by atoms with Crippen molar-refractivity contribution in [1.29, 1.82) is 0 Å². The average Bonchev–Trinajstić information content (AvgIpc) is 2.88. The lowest BCUT2D eigenvalue weighted by Crippen LogP contribution is -2.18. The number of methoxy groups -OCH3 is 1. The second-order valence-corrected chi connectivity index (χ2v) is 9.17. The van der Waals surface area contributed by atoms with Crippen LogP contribution in [0.1, 0.15) is 10.4 Å². The van der Waals surface area contributed by atoms with Crippen molar-refractivity contribution >= 4 is 44.3 Å². The molecule has 1 aliphatic rings. The van der Waals surface area contributed by atoms with Crippen LogP contribution in [0.5, 0.6) is 11.5 Å². The van der Waals surface area contributed by atoms with E-state index in [4.69, 9.17) is 14.2 Å². The molecule has 0 amide bonds. The van der Waals surface area contributed by atoms with Crippen molar-refractivity contribution in [2.24, 2.45) is 0 Å². The molecule has 4 aromatic rings. The van der Waals surface area contributed by atoms with Crippen LogP contribution in [0.3, 0.4) is 0 Å². The van der Waals surface area contributed by atoms with Gasteiger partial charge in [0.1, 0.15) is 13.2 Å². The van der Waals surface area contributed by atoms with E-state index in [0.29, 0.717) is 41.4 Å². The van der Waals surface area contributed by atoms with Gasteiger partial charge >= 0.3 is 5.97 Å². The van der Waals surface area contributed by atoms with Crippen LogP contribution in [0, 0.1) is 0 Å². The minimum Gasteiger partial charge on any atom is -0.486 e. The first-order chi connectivity index (χ1) is 16.9. The Labute approximate surface area is 200 Å². The van der Waals surface area contributed by atoms with Crippen LogP contribution in [-0.2, 0) is 14.8 Å². The maximum atomic E-state index is 13.3. The summed E-state index contributed by atoms with van der Waals surface area (Å²) in [6.07, 6.45) is 0. The highest BCUT2D eigenvalue weighted by molar-refractivity contribution is 7.92. The van der Waals surface area contributed by atoms with Gasteiger partial charge in [-0.25, -0.2) is 23.2 Å². The number of hydrogen-bond donors (Lipinski definition) is 2. The first-order valence-corrected chi connectivity index (χ1v) is 12.1. The molecule has 0 spiro atoms. The number of aromatic nitrogens is 2. The van der Waals surface area contributed by atoms with E-state index < -0.39 is 16.0 Å². The predicted molar refractivity (Wildman–Crippen MR) is 129 cm³/mol. The van der Waals surface area contributed by atoms with Gasteiger partial charge < -0.3 is 19.5 Å². The standard InChI is InChI=1S/C24H20N4O6S/c1-32-24(29)16-6-2-3-7-17(16)25-22-23(27-19-9-5-4-8-18(19)26-22)28-35(30,31)15-10-11-20-21(14-15)34-13-12-33-20/h2-11,14H,12-13H2,1H3,(H,25,26)(H,27,28). The van der Waals surface area contributed by atoms with Gasteiger partial charge in [-0.15, -0.1) is 0 Å². The molecule has 0 saturated heterocycles. The number of para-hydroxylation sites is 3. The van der Waals surface area contributed by atoms with Gasteiger partial charge in [-0.1, -0.05) is 24.3 Å². The van der Waals surface area contributed by atoms with Crippen LogP contribution in [0.4, 0.5) is 17.3 Å². The third-order valence-electron chi connectivity index (χ3n) is 5.21. The summed E-state index contributed by atoms with van der Waals surface area (Å²) >= 11 is 0. The molecule has 0 fully saturated rings. The summed E-state index contributed by atoms with van der Waals surface area (Å²) in [5.74, 6) is 0.330. The topological polar surface area (TPSA) is 129 Å². The summed E-state index contributed by atoms with van der Waals surface area (Å²) in [5.41, 5.74) is 1.65.